The van der Waals surface area contributed by atoms with Crippen LogP contribution >= 0.6 is 15.6 Å². The monoisotopic (exact) mass is 896 g/mol. The zero-order valence-electron chi connectivity index (χ0n) is 35.6. The number of esters is 2. The van der Waals surface area contributed by atoms with E-state index in [4.69, 9.17) is 23.8 Å². The molecule has 0 aromatic heterocycles. The average molecular weight is 897 g/mol. The van der Waals surface area contributed by atoms with Gasteiger partial charge in [0.1, 0.15) is 12.7 Å². The molecule has 1 aliphatic rings. The summed E-state index contributed by atoms with van der Waals surface area (Å²) in [6.07, 6.45) is 25.2. The predicted molar refractivity (Wildman–Crippen MR) is 227 cm³/mol. The van der Waals surface area contributed by atoms with Gasteiger partial charge in [0, 0.05) is 18.8 Å². The number of carbonyl (C=O) groups is 2. The molecule has 1 fully saturated rings. The maximum Gasteiger partial charge on any atom is 0.472 e. The van der Waals surface area contributed by atoms with Gasteiger partial charge in [-0.2, -0.15) is 0 Å². The molecule has 8 atom stereocenters. The van der Waals surface area contributed by atoms with Crippen LogP contribution in [0.4, 0.5) is 0 Å². The van der Waals surface area contributed by atoms with Gasteiger partial charge in [0.2, 0.25) is 0 Å². The second-order valence-corrected chi connectivity index (χ2v) is 18.0. The third kappa shape index (κ3) is 30.1. The highest BCUT2D eigenvalue weighted by Crippen LogP contribution is 2.44. The number of aliphatic hydroxyl groups excluding tert-OH is 4. The normalized spacial score (nSPS) is 21.3. The number of aliphatic hydroxyl groups is 4. The van der Waals surface area contributed by atoms with Crippen molar-refractivity contribution >= 4 is 27.6 Å². The Morgan fingerprint density at radius 3 is 1.97 bits per heavy atom. The highest BCUT2D eigenvalue weighted by atomic mass is 31.2. The number of hydrogen-bond donors (Lipinski definition) is 7. The fourth-order valence-electron chi connectivity index (χ4n) is 6.43. The van der Waals surface area contributed by atoms with Gasteiger partial charge < -0.3 is 44.6 Å². The molecule has 0 radical (unpaired) electrons. The molecule has 348 valence electrons. The SMILES string of the molecule is CCCCCC/C=C\C=C/CCCCCCCC(=O)O[C@H](COC(=O)C/C=C\C[C@H]1[C@@H](/C=C/[C@H](O)CCCCC)[C@H](O)C[C@@H]1O)COP(=O)(O)OC[C@@H](O)COP(=O)(O)O. The van der Waals surface area contributed by atoms with Crippen LogP contribution in [0, 0.1) is 11.8 Å². The second kappa shape index (κ2) is 33.5. The first-order valence-corrected chi connectivity index (χ1v) is 24.6. The zero-order valence-corrected chi connectivity index (χ0v) is 37.4. The van der Waals surface area contributed by atoms with Crippen molar-refractivity contribution < 1.29 is 76.9 Å². The molecule has 0 heterocycles. The molecule has 0 spiro atoms. The molecule has 16 nitrogen and oxygen atoms in total. The number of unbranched alkanes of at least 4 members (excludes halogenated alkanes) is 11. The van der Waals surface area contributed by atoms with Gasteiger partial charge in [-0.3, -0.25) is 23.2 Å². The molecule has 0 aromatic carbocycles. The van der Waals surface area contributed by atoms with Crippen molar-refractivity contribution in [3.63, 3.8) is 0 Å². The minimum Gasteiger partial charge on any atom is -0.461 e. The zero-order chi connectivity index (χ0) is 44.7. The lowest BCUT2D eigenvalue weighted by Gasteiger charge is -2.20. The van der Waals surface area contributed by atoms with E-state index in [1.807, 2.05) is 0 Å². The summed E-state index contributed by atoms with van der Waals surface area (Å²) in [6, 6.07) is 0. The van der Waals surface area contributed by atoms with Crippen molar-refractivity contribution in [2.24, 2.45) is 11.8 Å². The average Bonchev–Trinajstić information content (AvgIpc) is 3.46. The molecule has 1 rings (SSSR count). The summed E-state index contributed by atoms with van der Waals surface area (Å²) in [5, 5.41) is 41.1. The fraction of sp³-hybridized carbons (Fsp3) is 0.762. The molecule has 1 aliphatic carbocycles. The van der Waals surface area contributed by atoms with Crippen LogP contribution in [0.3, 0.4) is 0 Å². The Morgan fingerprint density at radius 1 is 0.700 bits per heavy atom. The molecule has 0 aliphatic heterocycles. The van der Waals surface area contributed by atoms with Gasteiger partial charge >= 0.3 is 27.6 Å². The molecule has 1 saturated carbocycles. The third-order valence-electron chi connectivity index (χ3n) is 9.81. The third-order valence-corrected chi connectivity index (χ3v) is 11.2. The van der Waals surface area contributed by atoms with E-state index in [1.54, 1.807) is 24.3 Å². The summed E-state index contributed by atoms with van der Waals surface area (Å²) in [5.41, 5.74) is 0. The number of phosphoric acid groups is 2. The predicted octanol–water partition coefficient (Wildman–Crippen LogP) is 7.05. The highest BCUT2D eigenvalue weighted by molar-refractivity contribution is 7.47. The van der Waals surface area contributed by atoms with E-state index >= 15 is 0 Å². The number of allylic oxidation sites excluding steroid dienone is 5. The number of ether oxygens (including phenoxy) is 2. The number of carbonyl (C=O) groups excluding carboxylic acids is 2. The summed E-state index contributed by atoms with van der Waals surface area (Å²) >= 11 is 0. The smallest absolute Gasteiger partial charge is 0.461 e. The van der Waals surface area contributed by atoms with Crippen LogP contribution in [0.2, 0.25) is 0 Å². The maximum atomic E-state index is 12.7. The molecule has 60 heavy (non-hydrogen) atoms. The van der Waals surface area contributed by atoms with Gasteiger partial charge in [-0.05, 0) is 50.9 Å². The Balaban J connectivity index is 2.64. The quantitative estimate of drug-likeness (QED) is 0.0109. The van der Waals surface area contributed by atoms with E-state index < -0.39 is 84.5 Å². The lowest BCUT2D eigenvalue weighted by atomic mass is 9.89. The first kappa shape index (κ1) is 56.0. The second-order valence-electron chi connectivity index (χ2n) is 15.3. The molecule has 7 N–H and O–H groups in total. The maximum absolute atomic E-state index is 12.7. The van der Waals surface area contributed by atoms with Gasteiger partial charge in [0.05, 0.1) is 44.6 Å². The van der Waals surface area contributed by atoms with Crippen molar-refractivity contribution in [3.05, 3.63) is 48.6 Å². The Hall–Kier alpha value is -2.04. The van der Waals surface area contributed by atoms with Gasteiger partial charge in [-0.1, -0.05) is 120 Å². The van der Waals surface area contributed by atoms with Gasteiger partial charge in [-0.15, -0.1) is 0 Å². The Bertz CT molecular complexity index is 1360. The lowest BCUT2D eigenvalue weighted by Crippen LogP contribution is -2.29. The van der Waals surface area contributed by atoms with E-state index in [0.717, 1.165) is 57.8 Å². The minimum atomic E-state index is -4.90. The van der Waals surface area contributed by atoms with Crippen LogP contribution in [-0.4, -0.2) is 104 Å². The number of rotatable bonds is 36. The summed E-state index contributed by atoms with van der Waals surface area (Å²) in [6.45, 7) is 1.23. The topological polar surface area (TPSA) is 256 Å². The van der Waals surface area contributed by atoms with Gasteiger partial charge in [-0.25, -0.2) is 9.13 Å². The van der Waals surface area contributed by atoms with Crippen LogP contribution in [0.25, 0.3) is 0 Å². The highest BCUT2D eigenvalue weighted by Gasteiger charge is 2.39. The Kier molecular flexibility index (Phi) is 31.3. The van der Waals surface area contributed by atoms with Crippen LogP contribution in [0.1, 0.15) is 136 Å². The van der Waals surface area contributed by atoms with Crippen LogP contribution < -0.4 is 0 Å². The van der Waals surface area contributed by atoms with E-state index in [9.17, 15) is 44.0 Å². The van der Waals surface area contributed by atoms with Gasteiger partial charge in [0.15, 0.2) is 6.10 Å². The van der Waals surface area contributed by atoms with Crippen LogP contribution in [0.5, 0.6) is 0 Å². The molecule has 0 amide bonds. The molecule has 1 unspecified atom stereocenters. The Labute approximate surface area is 356 Å². The standard InChI is InChI=1S/C42H74O16P2/c1-3-5-7-8-9-10-11-12-13-14-15-16-17-18-20-26-42(48)58-36(33-57-60(52,53)56-31-35(44)30-55-59(49,50)51)32-54-41(47)25-22-21-24-37-38(40(46)29-39(37)45)28-27-34(43)23-19-6-4-2/h10-13,21-22,27-28,34-40,43-46H,3-9,14-20,23-26,29-33H2,1-2H3,(H,52,53)(H2,49,50,51)/b11-10-,13-12-,22-21-,28-27+/t34-,35+,36-,37+,38-,39+,40-/m1/s1. The van der Waals surface area contributed by atoms with E-state index in [0.29, 0.717) is 19.3 Å². The van der Waals surface area contributed by atoms with Crippen molar-refractivity contribution in [2.45, 2.75) is 166 Å². The van der Waals surface area contributed by atoms with E-state index in [-0.39, 0.29) is 31.1 Å². The molecule has 0 bridgehead atoms. The first-order valence-electron chi connectivity index (χ1n) is 21.6. The lowest BCUT2D eigenvalue weighted by molar-refractivity contribution is -0.160. The fourth-order valence-corrected chi connectivity index (χ4v) is 7.58. The minimum absolute atomic E-state index is 0.0465. The summed E-state index contributed by atoms with van der Waals surface area (Å²) in [7, 11) is -9.79. The number of hydrogen-bond acceptors (Lipinski definition) is 13. The molecular formula is C42H74O16P2. The summed E-state index contributed by atoms with van der Waals surface area (Å²) < 4.78 is 47.7. The molecule has 0 saturated heterocycles. The number of phosphoric ester groups is 2. The van der Waals surface area contributed by atoms with Crippen molar-refractivity contribution in [1.29, 1.82) is 0 Å². The Morgan fingerprint density at radius 2 is 1.30 bits per heavy atom. The molecule has 18 heteroatoms. The first-order chi connectivity index (χ1) is 28.6. The van der Waals surface area contributed by atoms with Crippen molar-refractivity contribution in [2.75, 3.05) is 26.4 Å². The molecule has 0 aromatic rings. The van der Waals surface area contributed by atoms with Crippen LogP contribution in [0.15, 0.2) is 48.6 Å². The summed E-state index contributed by atoms with van der Waals surface area (Å²) in [5.74, 6) is -2.06. The van der Waals surface area contributed by atoms with Crippen LogP contribution in [-0.2, 0) is 41.8 Å². The van der Waals surface area contributed by atoms with Gasteiger partial charge in [0.25, 0.3) is 0 Å². The largest absolute Gasteiger partial charge is 0.472 e. The van der Waals surface area contributed by atoms with Crippen molar-refractivity contribution in [1.82, 2.24) is 0 Å². The van der Waals surface area contributed by atoms with E-state index in [2.05, 4.69) is 47.2 Å². The van der Waals surface area contributed by atoms with E-state index in [1.165, 1.54) is 25.7 Å². The molecular weight excluding hydrogens is 822 g/mol. The van der Waals surface area contributed by atoms with Crippen molar-refractivity contribution in [3.8, 4) is 0 Å². The summed E-state index contributed by atoms with van der Waals surface area (Å²) in [4.78, 5) is 52.9.